The average molecular weight is 636 g/mol. The number of phosphoric ester groups is 1. The fourth-order valence-corrected chi connectivity index (χ4v) is 4.71. The molecule has 12 heteroatoms. The van der Waals surface area contributed by atoms with Crippen molar-refractivity contribution in [2.45, 2.75) is 122 Å². The molecule has 0 heterocycles. The second-order valence-corrected chi connectivity index (χ2v) is 13.4. The van der Waals surface area contributed by atoms with Crippen molar-refractivity contribution in [3.8, 4) is 0 Å². The smallest absolute Gasteiger partial charge is 0.306 e. The summed E-state index contributed by atoms with van der Waals surface area (Å²) in [6, 6.07) is 0. The van der Waals surface area contributed by atoms with Crippen LogP contribution in [0.15, 0.2) is 12.2 Å². The number of aliphatic carboxylic acids is 1. The first-order valence-corrected chi connectivity index (χ1v) is 17.4. The van der Waals surface area contributed by atoms with Gasteiger partial charge in [-0.05, 0) is 38.5 Å². The Kier molecular flexibility index (Phi) is 24.5. The van der Waals surface area contributed by atoms with Gasteiger partial charge in [0.1, 0.15) is 19.8 Å². The third-order valence-corrected chi connectivity index (χ3v) is 7.54. The standard InChI is InChI=1S/C31H58NO10P/c1-5-6-7-8-9-10-11-12-13-14-15-16-17-18-19-22-30(35)39-26-28(42-31(36)23-20-21-29(33)34)27-41-43(37,38)40-25-24-32(2,3)4/h12-13,28H,5-11,14-27H2,1-4H3,(H-,33,34,37,38)/b13-12-/t28-/m1/s1. The molecule has 0 fully saturated rings. The Morgan fingerprint density at radius 3 is 1.91 bits per heavy atom. The van der Waals surface area contributed by atoms with Gasteiger partial charge >= 0.3 is 17.9 Å². The number of carbonyl (C=O) groups is 3. The van der Waals surface area contributed by atoms with E-state index in [1.54, 1.807) is 0 Å². The van der Waals surface area contributed by atoms with Crippen LogP contribution in [-0.4, -0.2) is 81.1 Å². The van der Waals surface area contributed by atoms with Crippen molar-refractivity contribution < 1.29 is 52.0 Å². The molecule has 0 saturated carbocycles. The van der Waals surface area contributed by atoms with Crippen LogP contribution in [0.3, 0.4) is 0 Å². The summed E-state index contributed by atoms with van der Waals surface area (Å²) in [5.74, 6) is -2.26. The van der Waals surface area contributed by atoms with Gasteiger partial charge in [0.15, 0.2) is 6.10 Å². The predicted molar refractivity (Wildman–Crippen MR) is 164 cm³/mol. The number of ether oxygens (including phenoxy) is 2. The lowest BCUT2D eigenvalue weighted by molar-refractivity contribution is -0.870. The Morgan fingerprint density at radius 1 is 0.767 bits per heavy atom. The number of carbonyl (C=O) groups excluding carboxylic acids is 2. The molecule has 0 aliphatic heterocycles. The van der Waals surface area contributed by atoms with Gasteiger partial charge in [0.25, 0.3) is 7.82 Å². The van der Waals surface area contributed by atoms with Gasteiger partial charge < -0.3 is 33.0 Å². The molecule has 0 radical (unpaired) electrons. The number of carboxylic acids is 1. The summed E-state index contributed by atoms with van der Waals surface area (Å²) in [6.45, 7) is 1.60. The minimum absolute atomic E-state index is 0.0607. The van der Waals surface area contributed by atoms with E-state index in [-0.39, 0.29) is 38.9 Å². The summed E-state index contributed by atoms with van der Waals surface area (Å²) < 4.78 is 32.8. The third-order valence-electron chi connectivity index (χ3n) is 6.57. The molecule has 0 spiro atoms. The number of phosphoric acid groups is 1. The van der Waals surface area contributed by atoms with Gasteiger partial charge in [-0.25, -0.2) is 0 Å². The lowest BCUT2D eigenvalue weighted by Gasteiger charge is -2.28. The largest absolute Gasteiger partial charge is 0.756 e. The number of allylic oxidation sites excluding steroid dienone is 2. The highest BCUT2D eigenvalue weighted by Crippen LogP contribution is 2.38. The molecule has 0 amide bonds. The van der Waals surface area contributed by atoms with E-state index in [1.165, 1.54) is 38.5 Å². The van der Waals surface area contributed by atoms with Crippen molar-refractivity contribution in [1.29, 1.82) is 0 Å². The minimum atomic E-state index is -4.68. The molecule has 11 nitrogen and oxygen atoms in total. The van der Waals surface area contributed by atoms with Crippen LogP contribution in [0.1, 0.15) is 116 Å². The minimum Gasteiger partial charge on any atom is -0.756 e. The SMILES string of the molecule is CCCCCCCC/C=C\CCCCCCCC(=O)OC[C@H](COP(=O)([O-])OCC[N+](C)(C)C)OC(=O)CCCC(=O)O. The summed E-state index contributed by atoms with van der Waals surface area (Å²) in [5.41, 5.74) is 0. The molecule has 252 valence electrons. The Bertz CT molecular complexity index is 828. The first-order chi connectivity index (χ1) is 20.3. The zero-order valence-corrected chi connectivity index (χ0v) is 28.0. The van der Waals surface area contributed by atoms with Gasteiger partial charge in [-0.2, -0.15) is 0 Å². The van der Waals surface area contributed by atoms with Crippen molar-refractivity contribution in [2.75, 3.05) is 47.5 Å². The van der Waals surface area contributed by atoms with E-state index in [9.17, 15) is 23.8 Å². The summed E-state index contributed by atoms with van der Waals surface area (Å²) >= 11 is 0. The van der Waals surface area contributed by atoms with E-state index in [1.807, 2.05) is 21.1 Å². The van der Waals surface area contributed by atoms with Crippen LogP contribution < -0.4 is 4.89 Å². The Labute approximate surface area is 259 Å². The number of quaternary nitrogens is 1. The number of unbranched alkanes of at least 4 members (excludes halogenated alkanes) is 11. The lowest BCUT2D eigenvalue weighted by Crippen LogP contribution is -2.37. The second-order valence-electron chi connectivity index (χ2n) is 12.0. The van der Waals surface area contributed by atoms with Gasteiger partial charge in [0, 0.05) is 19.3 Å². The monoisotopic (exact) mass is 635 g/mol. The fourth-order valence-electron chi connectivity index (χ4n) is 3.98. The van der Waals surface area contributed by atoms with Gasteiger partial charge in [0.2, 0.25) is 0 Å². The van der Waals surface area contributed by atoms with Crippen LogP contribution in [0.25, 0.3) is 0 Å². The van der Waals surface area contributed by atoms with Crippen molar-refractivity contribution in [2.24, 2.45) is 0 Å². The first kappa shape index (κ1) is 41.2. The van der Waals surface area contributed by atoms with Crippen LogP contribution in [0.2, 0.25) is 0 Å². The molecule has 0 aromatic rings. The van der Waals surface area contributed by atoms with Crippen LogP contribution in [-0.2, 0) is 37.5 Å². The van der Waals surface area contributed by atoms with E-state index < -0.39 is 38.4 Å². The van der Waals surface area contributed by atoms with Crippen molar-refractivity contribution >= 4 is 25.7 Å². The number of carboxylic acid groups (broad SMARTS) is 1. The second kappa shape index (κ2) is 25.5. The zero-order valence-electron chi connectivity index (χ0n) is 27.1. The molecule has 0 saturated heterocycles. The molecule has 0 bridgehead atoms. The fraction of sp³-hybridized carbons (Fsp3) is 0.839. The summed E-state index contributed by atoms with van der Waals surface area (Å²) in [6.07, 6.45) is 18.2. The number of hydrogen-bond acceptors (Lipinski definition) is 9. The van der Waals surface area contributed by atoms with Crippen molar-refractivity contribution in [1.82, 2.24) is 0 Å². The lowest BCUT2D eigenvalue weighted by atomic mass is 10.1. The normalized spacial score (nSPS) is 14.0. The number of rotatable bonds is 29. The van der Waals surface area contributed by atoms with Crippen molar-refractivity contribution in [3.63, 3.8) is 0 Å². The van der Waals surface area contributed by atoms with Gasteiger partial charge in [0.05, 0.1) is 27.7 Å². The molecule has 2 atom stereocenters. The predicted octanol–water partition coefficient (Wildman–Crippen LogP) is 5.94. The third kappa shape index (κ3) is 30.0. The van der Waals surface area contributed by atoms with E-state index >= 15 is 0 Å². The van der Waals surface area contributed by atoms with Crippen LogP contribution in [0.5, 0.6) is 0 Å². The maximum Gasteiger partial charge on any atom is 0.306 e. The molecule has 0 aliphatic rings. The van der Waals surface area contributed by atoms with E-state index in [2.05, 4.69) is 19.1 Å². The van der Waals surface area contributed by atoms with Crippen LogP contribution >= 0.6 is 7.82 Å². The van der Waals surface area contributed by atoms with E-state index in [0.717, 1.165) is 38.5 Å². The van der Waals surface area contributed by atoms with Gasteiger partial charge in [-0.15, -0.1) is 0 Å². The Morgan fingerprint density at radius 2 is 1.33 bits per heavy atom. The number of esters is 2. The molecule has 0 aromatic heterocycles. The number of likely N-dealkylation sites (N-methyl/N-ethyl adjacent to an activating group) is 1. The molecule has 1 unspecified atom stereocenters. The average Bonchev–Trinajstić information content (AvgIpc) is 2.91. The molecule has 0 aliphatic carbocycles. The highest BCUT2D eigenvalue weighted by atomic mass is 31.2. The van der Waals surface area contributed by atoms with E-state index in [4.69, 9.17) is 23.6 Å². The molecule has 1 N–H and O–H groups in total. The summed E-state index contributed by atoms with van der Waals surface area (Å²) in [7, 11) is 0.963. The maximum atomic E-state index is 12.2. The molecule has 0 rings (SSSR count). The van der Waals surface area contributed by atoms with Crippen LogP contribution in [0.4, 0.5) is 0 Å². The Hall–Kier alpha value is -1.78. The Balaban J connectivity index is 4.31. The molecule has 0 aromatic carbocycles. The first-order valence-electron chi connectivity index (χ1n) is 16.0. The van der Waals surface area contributed by atoms with Crippen LogP contribution in [0, 0.1) is 0 Å². The molecular weight excluding hydrogens is 577 g/mol. The van der Waals surface area contributed by atoms with Gasteiger partial charge in [-0.3, -0.25) is 18.9 Å². The topological polar surface area (TPSA) is 148 Å². The maximum absolute atomic E-state index is 12.2. The van der Waals surface area contributed by atoms with E-state index in [0.29, 0.717) is 17.4 Å². The van der Waals surface area contributed by atoms with Gasteiger partial charge in [-0.1, -0.05) is 70.4 Å². The summed E-state index contributed by atoms with van der Waals surface area (Å²) in [4.78, 5) is 47.1. The highest BCUT2D eigenvalue weighted by Gasteiger charge is 2.21. The molecule has 43 heavy (non-hydrogen) atoms. The number of nitrogens with zero attached hydrogens (tertiary/aromatic N) is 1. The zero-order chi connectivity index (χ0) is 32.4. The molecular formula is C31H58NO10P. The highest BCUT2D eigenvalue weighted by molar-refractivity contribution is 7.45. The summed E-state index contributed by atoms with van der Waals surface area (Å²) in [5, 5.41) is 8.74. The number of hydrogen-bond donors (Lipinski definition) is 1. The van der Waals surface area contributed by atoms with Crippen molar-refractivity contribution in [3.05, 3.63) is 12.2 Å². The quantitative estimate of drug-likeness (QED) is 0.0344.